The average Bonchev–Trinajstić information content (AvgIpc) is 3.56. The maximum Gasteiger partial charge on any atom is 0.247 e. The van der Waals surface area contributed by atoms with Crippen LogP contribution in [0, 0.1) is 6.92 Å². The number of rotatable bonds is 8. The molecule has 0 aliphatic heterocycles. The van der Waals surface area contributed by atoms with E-state index in [9.17, 15) is 9.59 Å². The van der Waals surface area contributed by atoms with Crippen LogP contribution >= 0.6 is 11.6 Å². The number of amides is 2. The van der Waals surface area contributed by atoms with Crippen LogP contribution in [0.5, 0.6) is 0 Å². The zero-order chi connectivity index (χ0) is 25.9. The molecule has 1 aromatic carbocycles. The largest absolute Gasteiger partial charge is 0.467 e. The van der Waals surface area contributed by atoms with Crippen LogP contribution in [0.15, 0.2) is 63.6 Å². The van der Waals surface area contributed by atoms with Gasteiger partial charge in [0.25, 0.3) is 0 Å². The van der Waals surface area contributed by atoms with E-state index in [1.807, 2.05) is 27.7 Å². The van der Waals surface area contributed by atoms with Crippen molar-refractivity contribution in [2.24, 2.45) is 0 Å². The molecule has 0 saturated carbocycles. The van der Waals surface area contributed by atoms with Crippen LogP contribution in [0.3, 0.4) is 0 Å². The Morgan fingerprint density at radius 2 is 1.89 bits per heavy atom. The highest BCUT2D eigenvalue weighted by atomic mass is 35.5. The maximum absolute atomic E-state index is 13.7. The van der Waals surface area contributed by atoms with Crippen molar-refractivity contribution < 1.29 is 18.4 Å². The van der Waals surface area contributed by atoms with Crippen molar-refractivity contribution in [3.05, 3.63) is 76.9 Å². The molecule has 1 atom stereocenters. The number of hydrogen-bond donors (Lipinski definition) is 1. The quantitative estimate of drug-likeness (QED) is 0.377. The predicted octanol–water partition coefficient (Wildman–Crippen LogP) is 4.17. The number of hydrogen-bond acceptors (Lipinski definition) is 7. The fraction of sp³-hybridized carbons (Fsp3) is 0.320. The molecule has 11 heteroatoms. The lowest BCUT2D eigenvalue weighted by Crippen LogP contribution is -2.49. The molecule has 0 aliphatic carbocycles. The lowest BCUT2D eigenvalue weighted by Gasteiger charge is -2.33. The molecule has 0 saturated heterocycles. The Hall–Kier alpha value is -3.92. The highest BCUT2D eigenvalue weighted by Crippen LogP contribution is 2.27. The Kier molecular flexibility index (Phi) is 7.25. The number of aryl methyl sites for hydroxylation is 1. The van der Waals surface area contributed by atoms with Gasteiger partial charge in [0.15, 0.2) is 5.76 Å². The second-order valence-electron chi connectivity index (χ2n) is 9.35. The third-order valence-electron chi connectivity index (χ3n) is 5.16. The van der Waals surface area contributed by atoms with Crippen molar-refractivity contribution in [2.45, 2.75) is 52.4 Å². The van der Waals surface area contributed by atoms with Crippen molar-refractivity contribution in [2.75, 3.05) is 0 Å². The molecule has 3 aromatic heterocycles. The average molecular weight is 511 g/mol. The number of carbonyl (C=O) groups is 2. The van der Waals surface area contributed by atoms with Crippen molar-refractivity contribution >= 4 is 23.4 Å². The van der Waals surface area contributed by atoms with Crippen LogP contribution in [0.25, 0.3) is 11.6 Å². The van der Waals surface area contributed by atoms with Gasteiger partial charge in [-0.3, -0.25) is 9.59 Å². The maximum atomic E-state index is 13.7. The van der Waals surface area contributed by atoms with Gasteiger partial charge in [0, 0.05) is 10.6 Å². The fourth-order valence-electron chi connectivity index (χ4n) is 3.63. The number of nitrogens with one attached hydrogen (secondary N) is 1. The lowest BCUT2D eigenvalue weighted by atomic mass is 10.0. The van der Waals surface area contributed by atoms with Crippen LogP contribution in [0.2, 0.25) is 5.02 Å². The predicted molar refractivity (Wildman–Crippen MR) is 132 cm³/mol. The van der Waals surface area contributed by atoms with Gasteiger partial charge in [0.05, 0.1) is 12.8 Å². The Morgan fingerprint density at radius 1 is 1.14 bits per heavy atom. The number of furan rings is 2. The third-order valence-corrected chi connectivity index (χ3v) is 5.41. The minimum absolute atomic E-state index is 0.0512. The summed E-state index contributed by atoms with van der Waals surface area (Å²) in [6, 6.07) is 12.8. The third kappa shape index (κ3) is 6.19. The summed E-state index contributed by atoms with van der Waals surface area (Å²) in [6.07, 6.45) is 1.51. The number of benzene rings is 1. The van der Waals surface area contributed by atoms with E-state index in [0.29, 0.717) is 27.9 Å². The molecule has 10 nitrogen and oxygen atoms in total. The fourth-order valence-corrected chi connectivity index (χ4v) is 3.75. The smallest absolute Gasteiger partial charge is 0.247 e. The van der Waals surface area contributed by atoms with Crippen molar-refractivity contribution in [1.29, 1.82) is 0 Å². The van der Waals surface area contributed by atoms with Crippen molar-refractivity contribution in [1.82, 2.24) is 30.4 Å². The first-order chi connectivity index (χ1) is 17.1. The summed E-state index contributed by atoms with van der Waals surface area (Å²) in [7, 11) is 0. The second-order valence-corrected chi connectivity index (χ2v) is 9.78. The molecule has 0 aliphatic rings. The lowest BCUT2D eigenvalue weighted by molar-refractivity contribution is -0.143. The van der Waals surface area contributed by atoms with E-state index < -0.39 is 17.5 Å². The van der Waals surface area contributed by atoms with Gasteiger partial charge in [-0.1, -0.05) is 23.7 Å². The van der Waals surface area contributed by atoms with E-state index in [1.165, 1.54) is 16.0 Å². The monoisotopic (exact) mass is 510 g/mol. The summed E-state index contributed by atoms with van der Waals surface area (Å²) in [5.74, 6) is 1.18. The van der Waals surface area contributed by atoms with Gasteiger partial charge in [0.1, 0.15) is 24.1 Å². The van der Waals surface area contributed by atoms with Crippen LogP contribution in [0.4, 0.5) is 0 Å². The zero-order valence-electron chi connectivity index (χ0n) is 20.4. The minimum Gasteiger partial charge on any atom is -0.467 e. The minimum atomic E-state index is -0.963. The molecular weight excluding hydrogens is 484 g/mol. The molecule has 0 spiro atoms. The molecule has 4 rings (SSSR count). The Morgan fingerprint density at radius 3 is 2.50 bits per heavy atom. The SMILES string of the molecule is Cc1ccc(-c2nnn(CC(=O)N(Cc3ccco3)C(C(=O)NC(C)(C)C)c3ccc(Cl)cc3)n2)o1. The van der Waals surface area contributed by atoms with Gasteiger partial charge in [-0.2, -0.15) is 4.80 Å². The van der Waals surface area contributed by atoms with Crippen LogP contribution in [0.1, 0.15) is 43.9 Å². The van der Waals surface area contributed by atoms with Crippen molar-refractivity contribution in [3.63, 3.8) is 0 Å². The van der Waals surface area contributed by atoms with Gasteiger partial charge in [-0.15, -0.1) is 10.2 Å². The first-order valence-electron chi connectivity index (χ1n) is 11.3. The summed E-state index contributed by atoms with van der Waals surface area (Å²) >= 11 is 6.09. The number of aromatic nitrogens is 4. The molecule has 0 fully saturated rings. The highest BCUT2D eigenvalue weighted by Gasteiger charge is 2.34. The topological polar surface area (TPSA) is 119 Å². The number of carbonyl (C=O) groups excluding carboxylic acids is 2. The Bertz CT molecular complexity index is 1320. The van der Waals surface area contributed by atoms with E-state index >= 15 is 0 Å². The second kappa shape index (κ2) is 10.4. The number of tetrazole rings is 1. The highest BCUT2D eigenvalue weighted by molar-refractivity contribution is 6.30. The molecule has 1 N–H and O–H groups in total. The van der Waals surface area contributed by atoms with Crippen molar-refractivity contribution in [3.8, 4) is 11.6 Å². The first-order valence-corrected chi connectivity index (χ1v) is 11.7. The van der Waals surface area contributed by atoms with Gasteiger partial charge in [0.2, 0.25) is 17.6 Å². The van der Waals surface area contributed by atoms with E-state index in [2.05, 4.69) is 20.7 Å². The molecule has 2 amide bonds. The molecule has 3 heterocycles. The number of nitrogens with zero attached hydrogens (tertiary/aromatic N) is 5. The van der Waals surface area contributed by atoms with Crippen LogP contribution in [-0.4, -0.2) is 42.5 Å². The molecular formula is C25H27ClN6O4. The van der Waals surface area contributed by atoms with E-state index in [0.717, 1.165) is 0 Å². The summed E-state index contributed by atoms with van der Waals surface area (Å²) in [6.45, 7) is 7.23. The van der Waals surface area contributed by atoms with E-state index in [1.54, 1.807) is 48.5 Å². The zero-order valence-corrected chi connectivity index (χ0v) is 21.2. The molecule has 188 valence electrons. The standard InChI is InChI=1S/C25H27ClN6O4/c1-16-7-12-20(36-16)23-28-30-32(29-23)15-21(33)31(14-19-6-5-13-35-19)22(24(34)27-25(2,3)4)17-8-10-18(26)11-9-17/h5-13,22H,14-15H2,1-4H3,(H,27,34). The van der Waals surface area contributed by atoms with E-state index in [-0.39, 0.29) is 24.8 Å². The first kappa shape index (κ1) is 25.2. The summed E-state index contributed by atoms with van der Waals surface area (Å²) < 4.78 is 11.0. The van der Waals surface area contributed by atoms with Gasteiger partial charge in [-0.05, 0) is 74.9 Å². The molecule has 0 radical (unpaired) electrons. The number of halogens is 1. The van der Waals surface area contributed by atoms with Gasteiger partial charge >= 0.3 is 0 Å². The van der Waals surface area contributed by atoms with Gasteiger partial charge < -0.3 is 19.1 Å². The Labute approximate surface area is 213 Å². The van der Waals surface area contributed by atoms with E-state index in [4.69, 9.17) is 20.4 Å². The molecule has 1 unspecified atom stereocenters. The summed E-state index contributed by atoms with van der Waals surface area (Å²) in [5, 5.41) is 15.8. The Balaban J connectivity index is 1.67. The molecule has 0 bridgehead atoms. The molecule has 4 aromatic rings. The van der Waals surface area contributed by atoms with Crippen LogP contribution < -0.4 is 5.32 Å². The van der Waals surface area contributed by atoms with Crippen LogP contribution in [-0.2, 0) is 22.7 Å². The summed E-state index contributed by atoms with van der Waals surface area (Å²) in [5.41, 5.74) is 0.0735. The molecule has 36 heavy (non-hydrogen) atoms. The van der Waals surface area contributed by atoms with Gasteiger partial charge in [-0.25, -0.2) is 0 Å². The normalized spacial score (nSPS) is 12.4. The summed E-state index contributed by atoms with van der Waals surface area (Å²) in [4.78, 5) is 29.8.